The molecule has 0 spiro atoms. The Kier molecular flexibility index (Phi) is 2.58. The van der Waals surface area contributed by atoms with Gasteiger partial charge in [-0.05, 0) is 13.8 Å². The molecule has 1 heterocycles. The van der Waals surface area contributed by atoms with Crippen LogP contribution in [0.25, 0.3) is 10.8 Å². The predicted octanol–water partition coefficient (Wildman–Crippen LogP) is 2.52. The Morgan fingerprint density at radius 1 is 1.27 bits per heavy atom. The predicted molar refractivity (Wildman–Crippen MR) is 59.9 cm³/mol. The zero-order chi connectivity index (χ0) is 10.8. The lowest BCUT2D eigenvalue weighted by Gasteiger charge is -2.09. The quantitative estimate of drug-likeness (QED) is 0.537. The van der Waals surface area contributed by atoms with Gasteiger partial charge in [-0.2, -0.15) is 0 Å². The van der Waals surface area contributed by atoms with Crippen molar-refractivity contribution in [3.8, 4) is 5.75 Å². The van der Waals surface area contributed by atoms with Gasteiger partial charge in [-0.25, -0.2) is 0 Å². The van der Waals surface area contributed by atoms with Crippen LogP contribution in [0, 0.1) is 6.20 Å². The highest BCUT2D eigenvalue weighted by molar-refractivity contribution is 5.81. The lowest BCUT2D eigenvalue weighted by molar-refractivity contribution is -0.718. The van der Waals surface area contributed by atoms with Crippen molar-refractivity contribution in [1.82, 2.24) is 0 Å². The van der Waals surface area contributed by atoms with Gasteiger partial charge in [-0.15, -0.1) is 6.07 Å². The normalized spacial score (nSPS) is 10.9. The maximum absolute atomic E-state index is 5.18. The van der Waals surface area contributed by atoms with Crippen molar-refractivity contribution in [1.29, 1.82) is 0 Å². The number of nitrogens with zero attached hydrogens (tertiary/aromatic N) is 1. The summed E-state index contributed by atoms with van der Waals surface area (Å²) in [5.74, 6) is 0.887. The first-order chi connectivity index (χ1) is 7.20. The number of ether oxygens (including phenoxy) is 1. The van der Waals surface area contributed by atoms with Crippen LogP contribution in [0.1, 0.15) is 19.9 Å². The molecule has 78 valence electrons. The Balaban J connectivity index is 2.55. The van der Waals surface area contributed by atoms with Gasteiger partial charge in [0.1, 0.15) is 11.8 Å². The second-order valence-corrected chi connectivity index (χ2v) is 3.88. The molecular formula is C13H15NO. The minimum atomic E-state index is 0.441. The number of pyridine rings is 1. The SMILES string of the molecule is COc1ccc2[c-][n+](C(C)C)ccc2c1. The average Bonchev–Trinajstić information content (AvgIpc) is 2.27. The van der Waals surface area contributed by atoms with Crippen molar-refractivity contribution in [2.75, 3.05) is 7.11 Å². The second kappa shape index (κ2) is 3.89. The van der Waals surface area contributed by atoms with E-state index >= 15 is 0 Å². The van der Waals surface area contributed by atoms with Crippen molar-refractivity contribution in [3.05, 3.63) is 36.7 Å². The summed E-state index contributed by atoms with van der Waals surface area (Å²) >= 11 is 0. The first-order valence-electron chi connectivity index (χ1n) is 5.12. The molecule has 2 nitrogen and oxygen atoms in total. The Morgan fingerprint density at radius 2 is 2.07 bits per heavy atom. The summed E-state index contributed by atoms with van der Waals surface area (Å²) in [6, 6.07) is 8.55. The molecule has 0 aliphatic rings. The van der Waals surface area contributed by atoms with E-state index < -0.39 is 0 Å². The van der Waals surface area contributed by atoms with Gasteiger partial charge >= 0.3 is 0 Å². The molecule has 0 saturated carbocycles. The second-order valence-electron chi connectivity index (χ2n) is 3.88. The molecule has 0 aliphatic heterocycles. The molecule has 2 aromatic rings. The number of aromatic nitrogens is 1. The van der Waals surface area contributed by atoms with E-state index in [-0.39, 0.29) is 0 Å². The molecule has 0 radical (unpaired) electrons. The lowest BCUT2D eigenvalue weighted by atomic mass is 10.1. The zero-order valence-electron chi connectivity index (χ0n) is 9.32. The van der Waals surface area contributed by atoms with E-state index in [0.29, 0.717) is 6.04 Å². The molecule has 2 heteroatoms. The molecule has 2 rings (SSSR count). The van der Waals surface area contributed by atoms with Gasteiger partial charge in [0.15, 0.2) is 6.20 Å². The maximum atomic E-state index is 5.18. The summed E-state index contributed by atoms with van der Waals surface area (Å²) < 4.78 is 7.26. The van der Waals surface area contributed by atoms with E-state index in [4.69, 9.17) is 4.74 Å². The molecule has 0 unspecified atom stereocenters. The summed E-state index contributed by atoms with van der Waals surface area (Å²) in [6.07, 6.45) is 5.39. The van der Waals surface area contributed by atoms with Gasteiger partial charge in [-0.1, -0.05) is 29.0 Å². The van der Waals surface area contributed by atoms with Crippen molar-refractivity contribution < 1.29 is 9.30 Å². The minimum Gasteiger partial charge on any atom is -0.498 e. The highest BCUT2D eigenvalue weighted by Crippen LogP contribution is 2.18. The molecule has 1 aromatic heterocycles. The fraction of sp³-hybridized carbons (Fsp3) is 0.308. The topological polar surface area (TPSA) is 13.1 Å². The third-order valence-electron chi connectivity index (χ3n) is 2.48. The van der Waals surface area contributed by atoms with E-state index in [1.807, 2.05) is 24.4 Å². The van der Waals surface area contributed by atoms with Crippen LogP contribution in [0.2, 0.25) is 0 Å². The third-order valence-corrected chi connectivity index (χ3v) is 2.48. The fourth-order valence-corrected chi connectivity index (χ4v) is 1.55. The van der Waals surface area contributed by atoms with Gasteiger partial charge in [-0.3, -0.25) is 4.57 Å². The number of methoxy groups -OCH3 is 1. The van der Waals surface area contributed by atoms with Gasteiger partial charge < -0.3 is 4.74 Å². The Bertz CT molecular complexity index is 477. The van der Waals surface area contributed by atoms with Gasteiger partial charge in [0.25, 0.3) is 0 Å². The van der Waals surface area contributed by atoms with Crippen LogP contribution in [0.15, 0.2) is 30.5 Å². The van der Waals surface area contributed by atoms with E-state index in [1.54, 1.807) is 7.11 Å². The third kappa shape index (κ3) is 1.94. The maximum Gasteiger partial charge on any atom is 0.153 e. The van der Waals surface area contributed by atoms with Crippen molar-refractivity contribution in [2.45, 2.75) is 19.9 Å². The molecule has 0 bridgehead atoms. The van der Waals surface area contributed by atoms with Crippen LogP contribution >= 0.6 is 0 Å². The summed E-state index contributed by atoms with van der Waals surface area (Å²) in [7, 11) is 1.68. The van der Waals surface area contributed by atoms with Crippen LogP contribution in [0.5, 0.6) is 5.75 Å². The molecular weight excluding hydrogens is 186 g/mol. The number of hydrogen-bond acceptors (Lipinski definition) is 1. The smallest absolute Gasteiger partial charge is 0.153 e. The molecule has 15 heavy (non-hydrogen) atoms. The van der Waals surface area contributed by atoms with Crippen LogP contribution < -0.4 is 9.30 Å². The van der Waals surface area contributed by atoms with Crippen LogP contribution in [-0.2, 0) is 0 Å². The number of benzene rings is 1. The largest absolute Gasteiger partial charge is 0.498 e. The summed E-state index contributed by atoms with van der Waals surface area (Å²) in [5, 5.41) is 2.28. The molecule has 0 N–H and O–H groups in total. The van der Waals surface area contributed by atoms with E-state index in [0.717, 1.165) is 16.5 Å². The highest BCUT2D eigenvalue weighted by atomic mass is 16.5. The monoisotopic (exact) mass is 201 g/mol. The Hall–Kier alpha value is -1.57. The summed E-state index contributed by atoms with van der Waals surface area (Å²) in [6.45, 7) is 4.29. The average molecular weight is 201 g/mol. The molecule has 1 aromatic carbocycles. The lowest BCUT2D eigenvalue weighted by Crippen LogP contribution is -2.35. The summed E-state index contributed by atoms with van der Waals surface area (Å²) in [5.41, 5.74) is 0. The van der Waals surface area contributed by atoms with Crippen molar-refractivity contribution in [2.24, 2.45) is 0 Å². The molecule has 0 fully saturated rings. The first kappa shape index (κ1) is 9.97. The molecule has 0 atom stereocenters. The highest BCUT2D eigenvalue weighted by Gasteiger charge is 2.01. The van der Waals surface area contributed by atoms with Crippen LogP contribution in [-0.4, -0.2) is 7.11 Å². The van der Waals surface area contributed by atoms with Crippen molar-refractivity contribution >= 4 is 10.8 Å². The van der Waals surface area contributed by atoms with Gasteiger partial charge in [0.05, 0.1) is 13.3 Å². The first-order valence-corrected chi connectivity index (χ1v) is 5.12. The van der Waals surface area contributed by atoms with Gasteiger partial charge in [0, 0.05) is 0 Å². The number of hydrogen-bond donors (Lipinski definition) is 0. The van der Waals surface area contributed by atoms with Crippen molar-refractivity contribution in [3.63, 3.8) is 0 Å². The minimum absolute atomic E-state index is 0.441. The summed E-state index contributed by atoms with van der Waals surface area (Å²) in [4.78, 5) is 0. The van der Waals surface area contributed by atoms with Gasteiger partial charge in [0.2, 0.25) is 0 Å². The Morgan fingerprint density at radius 3 is 2.73 bits per heavy atom. The molecule has 0 aliphatic carbocycles. The van der Waals surface area contributed by atoms with E-state index in [1.165, 1.54) is 0 Å². The van der Waals surface area contributed by atoms with Crippen LogP contribution in [0.4, 0.5) is 0 Å². The number of fused-ring (bicyclic) bond motifs is 1. The Labute approximate surface area is 90.1 Å². The van der Waals surface area contributed by atoms with Crippen LogP contribution in [0.3, 0.4) is 0 Å². The van der Waals surface area contributed by atoms with E-state index in [2.05, 4.69) is 30.7 Å². The standard InChI is InChI=1S/C13H15NO/c1-10(2)14-7-6-11-8-13(15-3)5-4-12(11)9-14/h4-8,10H,1-3H3. The number of rotatable bonds is 2. The van der Waals surface area contributed by atoms with E-state index in [9.17, 15) is 0 Å². The fourth-order valence-electron chi connectivity index (χ4n) is 1.55. The zero-order valence-corrected chi connectivity index (χ0v) is 9.32. The molecule has 0 amide bonds. The molecule has 0 saturated heterocycles.